The lowest BCUT2D eigenvalue weighted by atomic mass is 10.2. The fourth-order valence-electron chi connectivity index (χ4n) is 2.91. The lowest BCUT2D eigenvalue weighted by molar-refractivity contribution is -0.118. The van der Waals surface area contributed by atoms with Crippen LogP contribution in [-0.4, -0.2) is 44.7 Å². The molecule has 0 spiro atoms. The van der Waals surface area contributed by atoms with Crippen LogP contribution in [0.25, 0.3) is 17.1 Å². The van der Waals surface area contributed by atoms with E-state index in [1.807, 2.05) is 65.2 Å². The van der Waals surface area contributed by atoms with Crippen LogP contribution in [0.2, 0.25) is 0 Å². The predicted octanol–water partition coefficient (Wildman–Crippen LogP) is 4.34. The van der Waals surface area contributed by atoms with Crippen LogP contribution in [0.15, 0.2) is 87.8 Å². The van der Waals surface area contributed by atoms with Gasteiger partial charge in [-0.15, -0.1) is 10.2 Å². The minimum atomic E-state index is -0.249. The Balaban J connectivity index is 1.47. The van der Waals surface area contributed by atoms with Crippen LogP contribution in [-0.2, 0) is 4.79 Å². The molecule has 0 aliphatic heterocycles. The molecule has 8 nitrogen and oxygen atoms in total. The Bertz CT molecular complexity index is 1240. The van der Waals surface area contributed by atoms with Gasteiger partial charge in [-0.3, -0.25) is 14.3 Å². The van der Waals surface area contributed by atoms with Crippen LogP contribution in [0.5, 0.6) is 5.75 Å². The second-order valence-electron chi connectivity index (χ2n) is 6.71. The van der Waals surface area contributed by atoms with Crippen LogP contribution >= 0.6 is 27.7 Å². The number of nitrogens with zero attached hydrogens (tertiary/aromatic N) is 5. The standard InChI is InChI=1S/C23H19BrN6O2S/c1-32-20-8-2-16(3-9-20)14-26-27-21(31)15-33-23-29-28-22(17-10-12-25-13-11-17)30(23)19-6-4-18(24)5-7-19/h2-14H,15H2,1H3,(H,27,31)/b26-14+. The van der Waals surface area contributed by atoms with Gasteiger partial charge in [0, 0.05) is 28.1 Å². The number of pyridine rings is 1. The Morgan fingerprint density at radius 2 is 1.82 bits per heavy atom. The van der Waals surface area contributed by atoms with Gasteiger partial charge >= 0.3 is 0 Å². The summed E-state index contributed by atoms with van der Waals surface area (Å²) in [5.41, 5.74) is 5.15. The second-order valence-corrected chi connectivity index (χ2v) is 8.57. The van der Waals surface area contributed by atoms with Crippen LogP contribution in [0.1, 0.15) is 5.56 Å². The highest BCUT2D eigenvalue weighted by atomic mass is 79.9. The SMILES string of the molecule is COc1ccc(/C=N/NC(=O)CSc2nnc(-c3ccncc3)n2-c2ccc(Br)cc2)cc1. The van der Waals surface area contributed by atoms with Crippen molar-refractivity contribution in [3.05, 3.63) is 83.1 Å². The highest BCUT2D eigenvalue weighted by Gasteiger charge is 2.17. The van der Waals surface area contributed by atoms with Gasteiger partial charge in [0.15, 0.2) is 11.0 Å². The van der Waals surface area contributed by atoms with Gasteiger partial charge in [0.05, 0.1) is 19.1 Å². The molecule has 2 aromatic heterocycles. The molecule has 0 aliphatic rings. The number of ether oxygens (including phenoxy) is 1. The van der Waals surface area contributed by atoms with Gasteiger partial charge in [-0.25, -0.2) is 5.43 Å². The molecule has 1 amide bonds. The van der Waals surface area contributed by atoms with E-state index in [4.69, 9.17) is 4.74 Å². The number of halogens is 1. The number of rotatable bonds is 8. The fourth-order valence-corrected chi connectivity index (χ4v) is 3.91. The van der Waals surface area contributed by atoms with E-state index in [1.54, 1.807) is 25.7 Å². The molecule has 0 aliphatic carbocycles. The molecule has 4 aromatic rings. The van der Waals surface area contributed by atoms with Crippen molar-refractivity contribution in [2.75, 3.05) is 12.9 Å². The molecule has 2 aromatic carbocycles. The molecule has 0 radical (unpaired) electrons. The van der Waals surface area contributed by atoms with Gasteiger partial charge in [0.2, 0.25) is 0 Å². The highest BCUT2D eigenvalue weighted by molar-refractivity contribution is 9.10. The molecular formula is C23H19BrN6O2S. The van der Waals surface area contributed by atoms with Crippen molar-refractivity contribution < 1.29 is 9.53 Å². The summed E-state index contributed by atoms with van der Waals surface area (Å²) in [6, 6.07) is 18.9. The number of amides is 1. The van der Waals surface area contributed by atoms with E-state index in [9.17, 15) is 4.79 Å². The molecule has 2 heterocycles. The first-order valence-electron chi connectivity index (χ1n) is 9.84. The van der Waals surface area contributed by atoms with Crippen molar-refractivity contribution in [1.82, 2.24) is 25.2 Å². The van der Waals surface area contributed by atoms with Crippen LogP contribution in [0.4, 0.5) is 0 Å². The number of thioether (sulfide) groups is 1. The summed E-state index contributed by atoms with van der Waals surface area (Å²) in [6.45, 7) is 0. The van der Waals surface area contributed by atoms with Crippen molar-refractivity contribution in [3.63, 3.8) is 0 Å². The normalized spacial score (nSPS) is 11.0. The molecule has 1 N–H and O–H groups in total. The highest BCUT2D eigenvalue weighted by Crippen LogP contribution is 2.28. The van der Waals surface area contributed by atoms with E-state index in [0.717, 1.165) is 27.0 Å². The molecule has 0 unspecified atom stereocenters. The number of carbonyl (C=O) groups is 1. The maximum atomic E-state index is 12.3. The Morgan fingerprint density at radius 3 is 2.52 bits per heavy atom. The topological polar surface area (TPSA) is 94.3 Å². The number of carbonyl (C=O) groups excluding carboxylic acids is 1. The summed E-state index contributed by atoms with van der Waals surface area (Å²) in [6.07, 6.45) is 4.99. The number of hydrogen-bond donors (Lipinski definition) is 1. The first-order valence-corrected chi connectivity index (χ1v) is 11.6. The fraction of sp³-hybridized carbons (Fsp3) is 0.0870. The Hall–Kier alpha value is -3.50. The van der Waals surface area contributed by atoms with Crippen molar-refractivity contribution in [2.45, 2.75) is 5.16 Å². The summed E-state index contributed by atoms with van der Waals surface area (Å²) < 4.78 is 8.01. The first kappa shape index (κ1) is 22.7. The minimum Gasteiger partial charge on any atom is -0.497 e. The molecule has 10 heteroatoms. The van der Waals surface area contributed by atoms with Gasteiger partial charge in [-0.1, -0.05) is 27.7 Å². The number of benzene rings is 2. The number of hydrogen-bond acceptors (Lipinski definition) is 7. The lowest BCUT2D eigenvalue weighted by Crippen LogP contribution is -2.20. The summed E-state index contributed by atoms with van der Waals surface area (Å²) in [5, 5.41) is 13.3. The van der Waals surface area contributed by atoms with Crippen molar-refractivity contribution in [1.29, 1.82) is 0 Å². The van der Waals surface area contributed by atoms with Crippen LogP contribution in [0.3, 0.4) is 0 Å². The zero-order valence-corrected chi connectivity index (χ0v) is 20.0. The van der Waals surface area contributed by atoms with Gasteiger partial charge in [-0.2, -0.15) is 5.10 Å². The number of hydrazone groups is 1. The van der Waals surface area contributed by atoms with E-state index < -0.39 is 0 Å². The van der Waals surface area contributed by atoms with E-state index in [1.165, 1.54) is 11.8 Å². The average Bonchev–Trinajstić information content (AvgIpc) is 3.28. The Labute approximate surface area is 203 Å². The van der Waals surface area contributed by atoms with Gasteiger partial charge in [0.1, 0.15) is 5.75 Å². The maximum Gasteiger partial charge on any atom is 0.250 e. The van der Waals surface area contributed by atoms with E-state index >= 15 is 0 Å². The zero-order chi connectivity index (χ0) is 23.0. The van der Waals surface area contributed by atoms with E-state index in [2.05, 4.69) is 41.6 Å². The summed E-state index contributed by atoms with van der Waals surface area (Å²) in [5.74, 6) is 1.31. The van der Waals surface area contributed by atoms with Gasteiger partial charge < -0.3 is 4.74 Å². The van der Waals surface area contributed by atoms with E-state index in [-0.39, 0.29) is 11.7 Å². The minimum absolute atomic E-state index is 0.130. The molecule has 4 rings (SSSR count). The lowest BCUT2D eigenvalue weighted by Gasteiger charge is -2.10. The Kier molecular flexibility index (Phi) is 7.48. The molecule has 0 fully saturated rings. The monoisotopic (exact) mass is 522 g/mol. The molecule has 166 valence electrons. The quantitative estimate of drug-likeness (QED) is 0.210. The number of nitrogens with one attached hydrogen (secondary N) is 1. The second kappa shape index (κ2) is 10.9. The summed E-state index contributed by atoms with van der Waals surface area (Å²) in [7, 11) is 1.61. The van der Waals surface area contributed by atoms with Crippen LogP contribution < -0.4 is 10.2 Å². The Morgan fingerprint density at radius 1 is 1.09 bits per heavy atom. The van der Waals surface area contributed by atoms with Gasteiger partial charge in [-0.05, 0) is 66.2 Å². The number of methoxy groups -OCH3 is 1. The third-order valence-corrected chi connectivity index (χ3v) is 5.97. The summed E-state index contributed by atoms with van der Waals surface area (Å²) in [4.78, 5) is 16.4. The van der Waals surface area contributed by atoms with Crippen molar-refractivity contribution in [3.8, 4) is 22.8 Å². The third-order valence-electron chi connectivity index (χ3n) is 4.51. The molecule has 33 heavy (non-hydrogen) atoms. The van der Waals surface area contributed by atoms with Crippen molar-refractivity contribution in [2.24, 2.45) is 5.10 Å². The molecular weight excluding hydrogens is 504 g/mol. The number of aromatic nitrogens is 4. The molecule has 0 saturated heterocycles. The molecule has 0 bridgehead atoms. The average molecular weight is 523 g/mol. The third kappa shape index (κ3) is 5.85. The van der Waals surface area contributed by atoms with Crippen molar-refractivity contribution >= 4 is 39.8 Å². The smallest absolute Gasteiger partial charge is 0.250 e. The maximum absolute atomic E-state index is 12.3. The summed E-state index contributed by atoms with van der Waals surface area (Å²) >= 11 is 4.74. The molecule has 0 saturated carbocycles. The zero-order valence-electron chi connectivity index (χ0n) is 17.6. The van der Waals surface area contributed by atoms with Gasteiger partial charge in [0.25, 0.3) is 5.91 Å². The largest absolute Gasteiger partial charge is 0.497 e. The predicted molar refractivity (Wildman–Crippen MR) is 132 cm³/mol. The van der Waals surface area contributed by atoms with E-state index in [0.29, 0.717) is 11.0 Å². The first-order chi connectivity index (χ1) is 16.1. The van der Waals surface area contributed by atoms with Crippen LogP contribution in [0, 0.1) is 0 Å². The molecule has 0 atom stereocenters.